The van der Waals surface area contributed by atoms with Crippen LogP contribution in [0.3, 0.4) is 0 Å². The van der Waals surface area contributed by atoms with Crippen molar-refractivity contribution in [2.75, 3.05) is 32.7 Å². The van der Waals surface area contributed by atoms with Gasteiger partial charge in [0.25, 0.3) is 0 Å². The average Bonchev–Trinajstić information content (AvgIpc) is 2.60. The minimum Gasteiger partial charge on any atom is -0.340 e. The molecule has 1 amide bonds. The molecule has 2 aromatic rings. The van der Waals surface area contributed by atoms with E-state index >= 15 is 0 Å². The van der Waals surface area contributed by atoms with E-state index in [0.29, 0.717) is 13.0 Å². The molecule has 138 valence electrons. The highest BCUT2D eigenvalue weighted by Crippen LogP contribution is 2.20. The maximum Gasteiger partial charge on any atom is 0.222 e. The van der Waals surface area contributed by atoms with Crippen molar-refractivity contribution in [3.05, 3.63) is 48.0 Å². The molecular weight excluding hydrogens is 357 g/mol. The van der Waals surface area contributed by atoms with E-state index < -0.39 is 0 Å². The number of carbonyl (C=O) groups excluding carboxylic acids is 1. The molecule has 2 aromatic carbocycles. The van der Waals surface area contributed by atoms with Crippen LogP contribution in [0.4, 0.5) is 0 Å². The van der Waals surface area contributed by atoms with Crippen molar-refractivity contribution in [1.29, 1.82) is 0 Å². The lowest BCUT2D eigenvalue weighted by molar-refractivity contribution is -0.133. The molecule has 0 atom stereocenters. The van der Waals surface area contributed by atoms with Crippen LogP contribution in [0, 0.1) is 0 Å². The van der Waals surface area contributed by atoms with Crippen LogP contribution >= 0.6 is 24.8 Å². The predicted molar refractivity (Wildman–Crippen MR) is 109 cm³/mol. The first-order valence-electron chi connectivity index (χ1n) is 8.45. The highest BCUT2D eigenvalue weighted by atomic mass is 35.5. The molecule has 1 fully saturated rings. The van der Waals surface area contributed by atoms with Crippen LogP contribution in [0.15, 0.2) is 42.5 Å². The molecule has 0 aromatic heterocycles. The predicted octanol–water partition coefficient (Wildman–Crippen LogP) is 3.07. The molecule has 0 bridgehead atoms. The summed E-state index contributed by atoms with van der Waals surface area (Å²) in [6, 6.07) is 15.0. The molecule has 1 aliphatic rings. The number of carbonyl (C=O) groups is 1. The minimum atomic E-state index is 0. The highest BCUT2D eigenvalue weighted by molar-refractivity contribution is 5.86. The van der Waals surface area contributed by atoms with Gasteiger partial charge in [-0.2, -0.15) is 0 Å². The molecule has 0 saturated carbocycles. The van der Waals surface area contributed by atoms with Gasteiger partial charge in [0.2, 0.25) is 5.91 Å². The molecule has 2 N–H and O–H groups in total. The monoisotopic (exact) mass is 383 g/mol. The van der Waals surface area contributed by atoms with E-state index in [1.54, 1.807) is 0 Å². The topological polar surface area (TPSA) is 49.6 Å². The number of hydrogen-bond donors (Lipinski definition) is 1. The highest BCUT2D eigenvalue weighted by Gasteiger charge is 2.20. The molecule has 0 spiro atoms. The van der Waals surface area contributed by atoms with Gasteiger partial charge in [0.1, 0.15) is 0 Å². The fourth-order valence-corrected chi connectivity index (χ4v) is 3.24. The molecule has 1 saturated heterocycles. The van der Waals surface area contributed by atoms with E-state index in [1.807, 2.05) is 4.90 Å². The van der Waals surface area contributed by atoms with Gasteiger partial charge in [-0.3, -0.25) is 9.69 Å². The lowest BCUT2D eigenvalue weighted by Gasteiger charge is -2.35. The van der Waals surface area contributed by atoms with Crippen molar-refractivity contribution >= 4 is 41.5 Å². The Hall–Kier alpha value is -1.33. The van der Waals surface area contributed by atoms with Crippen molar-refractivity contribution in [3.63, 3.8) is 0 Å². The number of rotatable bonds is 5. The van der Waals surface area contributed by atoms with Crippen molar-refractivity contribution in [2.45, 2.75) is 19.4 Å². The van der Waals surface area contributed by atoms with E-state index in [-0.39, 0.29) is 30.7 Å². The Bertz CT molecular complexity index is 667. The zero-order chi connectivity index (χ0) is 16.1. The molecule has 0 radical (unpaired) electrons. The van der Waals surface area contributed by atoms with Gasteiger partial charge >= 0.3 is 0 Å². The van der Waals surface area contributed by atoms with Crippen molar-refractivity contribution in [3.8, 4) is 0 Å². The van der Waals surface area contributed by atoms with Gasteiger partial charge in [-0.15, -0.1) is 24.8 Å². The summed E-state index contributed by atoms with van der Waals surface area (Å²) in [5.74, 6) is 0.250. The van der Waals surface area contributed by atoms with Gasteiger partial charge in [0, 0.05) is 39.1 Å². The second-order valence-corrected chi connectivity index (χ2v) is 6.19. The second kappa shape index (κ2) is 10.6. The second-order valence-electron chi connectivity index (χ2n) is 6.19. The number of fused-ring (bicyclic) bond motifs is 1. The van der Waals surface area contributed by atoms with E-state index in [2.05, 4.69) is 47.4 Å². The van der Waals surface area contributed by atoms with Gasteiger partial charge in [0.15, 0.2) is 0 Å². The summed E-state index contributed by atoms with van der Waals surface area (Å²) in [5.41, 5.74) is 6.85. The summed E-state index contributed by atoms with van der Waals surface area (Å²) in [4.78, 5) is 16.5. The fourth-order valence-electron chi connectivity index (χ4n) is 3.24. The Labute approximate surface area is 162 Å². The Morgan fingerprint density at radius 1 is 0.960 bits per heavy atom. The van der Waals surface area contributed by atoms with Crippen molar-refractivity contribution in [1.82, 2.24) is 9.80 Å². The van der Waals surface area contributed by atoms with Gasteiger partial charge in [-0.1, -0.05) is 42.5 Å². The molecule has 1 aliphatic heterocycles. The van der Waals surface area contributed by atoms with Crippen LogP contribution < -0.4 is 5.73 Å². The number of amides is 1. The van der Waals surface area contributed by atoms with Crippen LogP contribution in [0.1, 0.15) is 18.4 Å². The Kier molecular flexibility index (Phi) is 9.22. The molecule has 25 heavy (non-hydrogen) atoms. The third-order valence-corrected chi connectivity index (χ3v) is 4.59. The van der Waals surface area contributed by atoms with Crippen molar-refractivity contribution < 1.29 is 4.79 Å². The summed E-state index contributed by atoms with van der Waals surface area (Å²) in [6.07, 6.45) is 1.37. The summed E-state index contributed by atoms with van der Waals surface area (Å²) in [6.45, 7) is 5.08. The van der Waals surface area contributed by atoms with E-state index in [4.69, 9.17) is 5.73 Å². The maximum atomic E-state index is 12.0. The Balaban J connectivity index is 0.00000156. The Morgan fingerprint density at radius 3 is 2.36 bits per heavy atom. The maximum absolute atomic E-state index is 12.0. The van der Waals surface area contributed by atoms with E-state index in [1.165, 1.54) is 16.3 Å². The van der Waals surface area contributed by atoms with Crippen LogP contribution in [0.5, 0.6) is 0 Å². The number of nitrogens with zero attached hydrogens (tertiary/aromatic N) is 2. The molecule has 4 nitrogen and oxygen atoms in total. The summed E-state index contributed by atoms with van der Waals surface area (Å²) >= 11 is 0. The molecule has 0 aliphatic carbocycles. The molecular formula is C19H27Cl2N3O. The largest absolute Gasteiger partial charge is 0.340 e. The van der Waals surface area contributed by atoms with Crippen LogP contribution in [-0.4, -0.2) is 48.4 Å². The van der Waals surface area contributed by atoms with Crippen LogP contribution in [-0.2, 0) is 11.3 Å². The summed E-state index contributed by atoms with van der Waals surface area (Å²) < 4.78 is 0. The first-order valence-corrected chi connectivity index (χ1v) is 8.45. The molecule has 0 unspecified atom stereocenters. The smallest absolute Gasteiger partial charge is 0.222 e. The molecule has 1 heterocycles. The number of piperazine rings is 1. The van der Waals surface area contributed by atoms with Crippen LogP contribution in [0.2, 0.25) is 0 Å². The normalized spacial score (nSPS) is 14.7. The standard InChI is InChI=1S/C19H25N3O.2ClH/c20-10-4-9-19(23)22-13-11-21(12-14-22)15-17-7-3-6-16-5-1-2-8-18(16)17;;/h1-3,5-8H,4,9-15,20H2;2*1H. The number of halogens is 2. The van der Waals surface area contributed by atoms with Gasteiger partial charge in [0.05, 0.1) is 0 Å². The number of benzene rings is 2. The first-order chi connectivity index (χ1) is 11.3. The lowest BCUT2D eigenvalue weighted by atomic mass is 10.0. The average molecular weight is 384 g/mol. The van der Waals surface area contributed by atoms with Crippen molar-refractivity contribution in [2.24, 2.45) is 5.73 Å². The van der Waals surface area contributed by atoms with Gasteiger partial charge < -0.3 is 10.6 Å². The Morgan fingerprint density at radius 2 is 1.64 bits per heavy atom. The number of hydrogen-bond acceptors (Lipinski definition) is 3. The van der Waals surface area contributed by atoms with Gasteiger partial charge in [-0.25, -0.2) is 0 Å². The third-order valence-electron chi connectivity index (χ3n) is 4.59. The minimum absolute atomic E-state index is 0. The zero-order valence-corrected chi connectivity index (χ0v) is 16.0. The SMILES string of the molecule is Cl.Cl.NCCCC(=O)N1CCN(Cc2cccc3ccccc23)CC1. The van der Waals surface area contributed by atoms with Gasteiger partial charge in [-0.05, 0) is 29.3 Å². The summed E-state index contributed by atoms with van der Waals surface area (Å²) in [5, 5.41) is 2.62. The summed E-state index contributed by atoms with van der Waals surface area (Å²) in [7, 11) is 0. The molecule has 6 heteroatoms. The first kappa shape index (κ1) is 21.7. The van der Waals surface area contributed by atoms with E-state index in [9.17, 15) is 4.79 Å². The fraction of sp³-hybridized carbons (Fsp3) is 0.421. The quantitative estimate of drug-likeness (QED) is 0.862. The van der Waals surface area contributed by atoms with E-state index in [0.717, 1.165) is 39.1 Å². The zero-order valence-electron chi connectivity index (χ0n) is 14.4. The molecule has 3 rings (SSSR count). The van der Waals surface area contributed by atoms with Crippen LogP contribution in [0.25, 0.3) is 10.8 Å². The number of nitrogens with two attached hydrogens (primary N) is 1. The third kappa shape index (κ3) is 5.58. The lowest BCUT2D eigenvalue weighted by Crippen LogP contribution is -2.48.